The number of carbonyl (C=O) groups excluding carboxylic acids is 2. The van der Waals surface area contributed by atoms with Crippen molar-refractivity contribution in [3.8, 4) is 0 Å². The maximum Gasteiger partial charge on any atom is 0.264 e. The molecule has 0 fully saturated rings. The third-order valence-corrected chi connectivity index (χ3v) is 9.12. The van der Waals surface area contributed by atoms with Crippen LogP contribution < -0.4 is 9.62 Å². The molecule has 39 heavy (non-hydrogen) atoms. The van der Waals surface area contributed by atoms with Crippen LogP contribution in [-0.4, -0.2) is 44.3 Å². The summed E-state index contributed by atoms with van der Waals surface area (Å²) in [6, 6.07) is 15.9. The molecule has 0 saturated carbocycles. The van der Waals surface area contributed by atoms with Gasteiger partial charge in [0.1, 0.15) is 12.6 Å². The van der Waals surface area contributed by atoms with E-state index in [1.807, 2.05) is 6.92 Å². The lowest BCUT2D eigenvalue weighted by Crippen LogP contribution is -2.51. The lowest BCUT2D eigenvalue weighted by atomic mass is 10.1. The standard InChI is InChI=1S/C27H27Cl4N3O4S/c1-3-13-32-27(36)18(2)33(16-19-9-11-22(28)24(30)14-19)26(35)17-34(20-10-12-23(29)25(31)15-20)39(37,38)21-7-5-4-6-8-21/h4-12,14-15,18H,3,13,16-17H2,1-2H3,(H,32,36)/t18-/m0/s1. The number of halogens is 4. The number of sulfonamides is 1. The maximum atomic E-state index is 13.9. The second-order valence-electron chi connectivity index (χ2n) is 8.66. The van der Waals surface area contributed by atoms with Gasteiger partial charge >= 0.3 is 0 Å². The van der Waals surface area contributed by atoms with Gasteiger partial charge < -0.3 is 10.2 Å². The van der Waals surface area contributed by atoms with Crippen molar-refractivity contribution in [2.75, 3.05) is 17.4 Å². The summed E-state index contributed by atoms with van der Waals surface area (Å²) in [5.74, 6) is -0.997. The Labute approximate surface area is 248 Å². The van der Waals surface area contributed by atoms with Gasteiger partial charge in [0.15, 0.2) is 0 Å². The Bertz CT molecular complexity index is 1440. The van der Waals surface area contributed by atoms with E-state index in [4.69, 9.17) is 46.4 Å². The predicted octanol–water partition coefficient (Wildman–Crippen LogP) is 6.44. The molecule has 0 saturated heterocycles. The minimum atomic E-state index is -4.21. The first kappa shape index (κ1) is 31.0. The molecule has 0 radical (unpaired) electrons. The highest BCUT2D eigenvalue weighted by atomic mass is 35.5. The molecule has 1 N–H and O–H groups in total. The molecule has 0 unspecified atom stereocenters. The number of hydrogen-bond donors (Lipinski definition) is 1. The van der Waals surface area contributed by atoms with Gasteiger partial charge in [0, 0.05) is 13.1 Å². The van der Waals surface area contributed by atoms with Crippen molar-refractivity contribution in [3.63, 3.8) is 0 Å². The fourth-order valence-corrected chi connectivity index (χ4v) is 5.74. The van der Waals surface area contributed by atoms with Gasteiger partial charge in [-0.15, -0.1) is 0 Å². The van der Waals surface area contributed by atoms with Crippen molar-refractivity contribution in [3.05, 3.63) is 92.4 Å². The average molecular weight is 631 g/mol. The first-order valence-corrected chi connectivity index (χ1v) is 14.9. The number of nitrogens with one attached hydrogen (secondary N) is 1. The monoisotopic (exact) mass is 629 g/mol. The minimum Gasteiger partial charge on any atom is -0.354 e. The van der Waals surface area contributed by atoms with Crippen LogP contribution in [0.25, 0.3) is 0 Å². The van der Waals surface area contributed by atoms with E-state index >= 15 is 0 Å². The van der Waals surface area contributed by atoms with Crippen molar-refractivity contribution < 1.29 is 18.0 Å². The Morgan fingerprint density at radius 1 is 0.872 bits per heavy atom. The molecule has 0 aromatic heterocycles. The van der Waals surface area contributed by atoms with Crippen LogP contribution >= 0.6 is 46.4 Å². The number of nitrogens with zero attached hydrogens (tertiary/aromatic N) is 2. The molecular weight excluding hydrogens is 604 g/mol. The van der Waals surface area contributed by atoms with E-state index in [9.17, 15) is 18.0 Å². The highest BCUT2D eigenvalue weighted by molar-refractivity contribution is 7.92. The van der Waals surface area contributed by atoms with Crippen LogP contribution in [0.4, 0.5) is 5.69 Å². The van der Waals surface area contributed by atoms with Crippen LogP contribution in [0.15, 0.2) is 71.6 Å². The molecule has 0 spiro atoms. The zero-order valence-corrected chi connectivity index (χ0v) is 25.0. The van der Waals surface area contributed by atoms with Crippen molar-refractivity contribution in [1.82, 2.24) is 10.2 Å². The van der Waals surface area contributed by atoms with E-state index in [1.165, 1.54) is 35.2 Å². The van der Waals surface area contributed by atoms with Gasteiger partial charge in [-0.2, -0.15) is 0 Å². The van der Waals surface area contributed by atoms with Gasteiger partial charge in [0.05, 0.1) is 30.7 Å². The van der Waals surface area contributed by atoms with E-state index in [1.54, 1.807) is 43.3 Å². The number of carbonyl (C=O) groups is 2. The fraction of sp³-hybridized carbons (Fsp3) is 0.259. The zero-order valence-electron chi connectivity index (χ0n) is 21.2. The Hall–Kier alpha value is -2.49. The fourth-order valence-electron chi connectivity index (χ4n) is 3.70. The number of anilines is 1. The Balaban J connectivity index is 2.04. The maximum absolute atomic E-state index is 13.9. The first-order valence-electron chi connectivity index (χ1n) is 12.0. The number of benzene rings is 3. The Kier molecular flexibility index (Phi) is 10.9. The summed E-state index contributed by atoms with van der Waals surface area (Å²) in [6.07, 6.45) is 0.708. The van der Waals surface area contributed by atoms with E-state index in [-0.39, 0.29) is 38.1 Å². The van der Waals surface area contributed by atoms with Crippen LogP contribution in [0.1, 0.15) is 25.8 Å². The molecular formula is C27H27Cl4N3O4S. The molecule has 0 bridgehead atoms. The third kappa shape index (κ3) is 7.80. The molecule has 1 atom stereocenters. The lowest BCUT2D eigenvalue weighted by Gasteiger charge is -2.32. The van der Waals surface area contributed by atoms with E-state index < -0.39 is 28.5 Å². The largest absolute Gasteiger partial charge is 0.354 e. The summed E-state index contributed by atoms with van der Waals surface area (Å²) in [5.41, 5.74) is 0.749. The summed E-state index contributed by atoms with van der Waals surface area (Å²) < 4.78 is 28.4. The predicted molar refractivity (Wildman–Crippen MR) is 157 cm³/mol. The summed E-state index contributed by atoms with van der Waals surface area (Å²) in [4.78, 5) is 28.0. The zero-order chi connectivity index (χ0) is 28.7. The highest BCUT2D eigenvalue weighted by Gasteiger charge is 2.32. The summed E-state index contributed by atoms with van der Waals surface area (Å²) in [7, 11) is -4.21. The van der Waals surface area contributed by atoms with Crippen LogP contribution in [0.2, 0.25) is 20.1 Å². The molecule has 2 amide bonds. The van der Waals surface area contributed by atoms with E-state index in [2.05, 4.69) is 5.32 Å². The lowest BCUT2D eigenvalue weighted by molar-refractivity contribution is -0.139. The van der Waals surface area contributed by atoms with Crippen molar-refractivity contribution in [2.45, 2.75) is 37.8 Å². The van der Waals surface area contributed by atoms with Gasteiger partial charge in [-0.3, -0.25) is 13.9 Å². The van der Waals surface area contributed by atoms with Gasteiger partial charge in [0.2, 0.25) is 11.8 Å². The molecule has 7 nitrogen and oxygen atoms in total. The summed E-state index contributed by atoms with van der Waals surface area (Å²) in [5, 5.41) is 3.76. The first-order chi connectivity index (χ1) is 18.4. The van der Waals surface area contributed by atoms with E-state index in [0.717, 1.165) is 4.31 Å². The molecule has 0 aliphatic carbocycles. The van der Waals surface area contributed by atoms with Crippen LogP contribution in [0.5, 0.6) is 0 Å². The number of rotatable bonds is 11. The van der Waals surface area contributed by atoms with Crippen LogP contribution in [0.3, 0.4) is 0 Å². The minimum absolute atomic E-state index is 0.0168. The van der Waals surface area contributed by atoms with Gasteiger partial charge in [-0.25, -0.2) is 8.42 Å². The summed E-state index contributed by atoms with van der Waals surface area (Å²) in [6.45, 7) is 3.29. The second kappa shape index (κ2) is 13.7. The molecule has 3 aromatic rings. The van der Waals surface area contributed by atoms with Crippen LogP contribution in [-0.2, 0) is 26.2 Å². The second-order valence-corrected chi connectivity index (χ2v) is 12.2. The van der Waals surface area contributed by atoms with E-state index in [0.29, 0.717) is 23.6 Å². The normalized spacial score (nSPS) is 12.1. The molecule has 0 aliphatic rings. The molecule has 3 rings (SSSR count). The van der Waals surface area contributed by atoms with Gasteiger partial charge in [-0.05, 0) is 61.4 Å². The highest BCUT2D eigenvalue weighted by Crippen LogP contribution is 2.31. The molecule has 0 aliphatic heterocycles. The summed E-state index contributed by atoms with van der Waals surface area (Å²) >= 11 is 24.5. The Morgan fingerprint density at radius 3 is 2.08 bits per heavy atom. The quantitative estimate of drug-likeness (QED) is 0.264. The van der Waals surface area contributed by atoms with Crippen molar-refractivity contribution >= 4 is 73.9 Å². The molecule has 12 heteroatoms. The van der Waals surface area contributed by atoms with Crippen molar-refractivity contribution in [1.29, 1.82) is 0 Å². The smallest absolute Gasteiger partial charge is 0.264 e. The van der Waals surface area contributed by atoms with Gasteiger partial charge in [0.25, 0.3) is 10.0 Å². The Morgan fingerprint density at radius 2 is 1.49 bits per heavy atom. The van der Waals surface area contributed by atoms with Gasteiger partial charge in [-0.1, -0.05) is 77.6 Å². The van der Waals surface area contributed by atoms with Crippen molar-refractivity contribution in [2.24, 2.45) is 0 Å². The topological polar surface area (TPSA) is 86.8 Å². The molecule has 3 aromatic carbocycles. The number of hydrogen-bond acceptors (Lipinski definition) is 4. The molecule has 208 valence electrons. The van der Waals surface area contributed by atoms with Crippen LogP contribution in [0, 0.1) is 0 Å². The average Bonchev–Trinajstić information content (AvgIpc) is 2.92. The third-order valence-electron chi connectivity index (χ3n) is 5.85. The number of amides is 2. The molecule has 0 heterocycles. The SMILES string of the molecule is CCCNC(=O)[C@H](C)N(Cc1ccc(Cl)c(Cl)c1)C(=O)CN(c1ccc(Cl)c(Cl)c1)S(=O)(=O)c1ccccc1.